The van der Waals surface area contributed by atoms with Gasteiger partial charge in [0.25, 0.3) is 0 Å². The second-order valence-electron chi connectivity index (χ2n) is 7.46. The molecular formula is C19H28N4OS. The number of aromatic nitrogens is 2. The van der Waals surface area contributed by atoms with Crippen LogP contribution in [0.3, 0.4) is 0 Å². The molecule has 1 saturated heterocycles. The van der Waals surface area contributed by atoms with Gasteiger partial charge in [-0.3, -0.25) is 4.79 Å². The van der Waals surface area contributed by atoms with E-state index in [-0.39, 0.29) is 17.9 Å². The first kappa shape index (κ1) is 18.1. The van der Waals surface area contributed by atoms with Crippen LogP contribution in [0.25, 0.3) is 10.2 Å². The van der Waals surface area contributed by atoms with Crippen molar-refractivity contribution >= 4 is 33.3 Å². The van der Waals surface area contributed by atoms with Gasteiger partial charge in [-0.25, -0.2) is 9.97 Å². The average molecular weight is 361 g/mol. The fourth-order valence-corrected chi connectivity index (χ4v) is 4.26. The predicted molar refractivity (Wildman–Crippen MR) is 104 cm³/mol. The van der Waals surface area contributed by atoms with Crippen LogP contribution in [0.5, 0.6) is 0 Å². The number of nitrogens with zero attached hydrogens (tertiary/aromatic N) is 3. The van der Waals surface area contributed by atoms with Crippen molar-refractivity contribution in [3.63, 3.8) is 0 Å². The maximum atomic E-state index is 12.5. The third-order valence-electron chi connectivity index (χ3n) is 5.48. The van der Waals surface area contributed by atoms with Crippen LogP contribution in [0.2, 0.25) is 0 Å². The summed E-state index contributed by atoms with van der Waals surface area (Å²) in [5, 5.41) is 4.35. The standard InChI is InChI=1S/C19H28N4OS/c1-11(2)13(4)22-18(24)15-6-8-23(9-7-15)17-16-12(3)14(5)25-19(16)21-10-20-17/h10-11,13,15H,6-9H2,1-5H3,(H,22,24)/t13-/m1/s1. The van der Waals surface area contributed by atoms with Gasteiger partial charge in [-0.2, -0.15) is 0 Å². The Morgan fingerprint density at radius 3 is 2.56 bits per heavy atom. The van der Waals surface area contributed by atoms with Crippen LogP contribution in [0.4, 0.5) is 5.82 Å². The fourth-order valence-electron chi connectivity index (χ4n) is 3.27. The van der Waals surface area contributed by atoms with E-state index in [1.165, 1.54) is 15.8 Å². The van der Waals surface area contributed by atoms with E-state index in [2.05, 4.69) is 54.8 Å². The lowest BCUT2D eigenvalue weighted by Crippen LogP contribution is -2.44. The Hall–Kier alpha value is -1.69. The number of thiophene rings is 1. The molecule has 0 saturated carbocycles. The van der Waals surface area contributed by atoms with Gasteiger partial charge in [0.15, 0.2) is 0 Å². The molecule has 0 aromatic carbocycles. The van der Waals surface area contributed by atoms with Crippen molar-refractivity contribution in [2.45, 2.75) is 53.5 Å². The molecule has 1 atom stereocenters. The molecule has 0 radical (unpaired) electrons. The Labute approximate surface area is 153 Å². The fraction of sp³-hybridized carbons (Fsp3) is 0.632. The molecule has 0 unspecified atom stereocenters. The highest BCUT2D eigenvalue weighted by Gasteiger charge is 2.28. The van der Waals surface area contributed by atoms with Crippen LogP contribution in [0, 0.1) is 25.7 Å². The first-order valence-electron chi connectivity index (χ1n) is 9.14. The molecule has 1 aliphatic heterocycles. The van der Waals surface area contributed by atoms with Crippen molar-refractivity contribution in [3.05, 3.63) is 16.8 Å². The van der Waals surface area contributed by atoms with Gasteiger partial charge in [0, 0.05) is 29.9 Å². The van der Waals surface area contributed by atoms with Crippen LogP contribution in [-0.4, -0.2) is 35.0 Å². The summed E-state index contributed by atoms with van der Waals surface area (Å²) in [5.41, 5.74) is 1.28. The number of carbonyl (C=O) groups excluding carboxylic acids is 1. The summed E-state index contributed by atoms with van der Waals surface area (Å²) in [6.07, 6.45) is 3.42. The Morgan fingerprint density at radius 2 is 1.92 bits per heavy atom. The van der Waals surface area contributed by atoms with Crippen molar-refractivity contribution in [2.75, 3.05) is 18.0 Å². The minimum Gasteiger partial charge on any atom is -0.356 e. The van der Waals surface area contributed by atoms with Crippen LogP contribution in [0.1, 0.15) is 44.1 Å². The smallest absolute Gasteiger partial charge is 0.223 e. The number of carbonyl (C=O) groups is 1. The summed E-state index contributed by atoms with van der Waals surface area (Å²) in [6.45, 7) is 12.4. The number of fused-ring (bicyclic) bond motifs is 1. The second kappa shape index (κ2) is 7.28. The zero-order valence-electron chi connectivity index (χ0n) is 15.8. The van der Waals surface area contributed by atoms with Gasteiger partial charge < -0.3 is 10.2 Å². The number of amides is 1. The van der Waals surface area contributed by atoms with Gasteiger partial charge in [-0.1, -0.05) is 13.8 Å². The highest BCUT2D eigenvalue weighted by atomic mass is 32.1. The van der Waals surface area contributed by atoms with Gasteiger partial charge in [0.2, 0.25) is 5.91 Å². The predicted octanol–water partition coefficient (Wildman–Crippen LogP) is 3.69. The van der Waals surface area contributed by atoms with E-state index in [1.807, 2.05) is 0 Å². The van der Waals surface area contributed by atoms with Crippen LogP contribution in [-0.2, 0) is 4.79 Å². The Morgan fingerprint density at radius 1 is 1.24 bits per heavy atom. The molecule has 1 fully saturated rings. The minimum atomic E-state index is 0.111. The molecule has 0 aliphatic carbocycles. The Bertz CT molecular complexity index is 762. The molecular weight excluding hydrogens is 332 g/mol. The van der Waals surface area contributed by atoms with Gasteiger partial charge in [-0.05, 0) is 45.1 Å². The molecule has 25 heavy (non-hydrogen) atoms. The molecule has 3 heterocycles. The first-order chi connectivity index (χ1) is 11.9. The molecule has 3 rings (SSSR count). The zero-order valence-corrected chi connectivity index (χ0v) is 16.6. The van der Waals surface area contributed by atoms with Crippen molar-refractivity contribution in [1.82, 2.24) is 15.3 Å². The summed E-state index contributed by atoms with van der Waals surface area (Å²) in [6, 6.07) is 0.225. The lowest BCUT2D eigenvalue weighted by molar-refractivity contribution is -0.126. The second-order valence-corrected chi connectivity index (χ2v) is 8.67. The van der Waals surface area contributed by atoms with Crippen molar-refractivity contribution in [2.24, 2.45) is 11.8 Å². The highest BCUT2D eigenvalue weighted by molar-refractivity contribution is 7.18. The van der Waals surface area contributed by atoms with E-state index in [0.29, 0.717) is 5.92 Å². The maximum absolute atomic E-state index is 12.5. The molecule has 2 aromatic heterocycles. The Balaban J connectivity index is 1.70. The Kier molecular flexibility index (Phi) is 5.27. The molecule has 1 amide bonds. The quantitative estimate of drug-likeness (QED) is 0.903. The van der Waals surface area contributed by atoms with Gasteiger partial charge in [0.1, 0.15) is 17.0 Å². The maximum Gasteiger partial charge on any atom is 0.223 e. The summed E-state index contributed by atoms with van der Waals surface area (Å²) >= 11 is 1.73. The number of rotatable bonds is 4. The number of nitrogens with one attached hydrogen (secondary N) is 1. The van der Waals surface area contributed by atoms with E-state index in [1.54, 1.807) is 17.7 Å². The van der Waals surface area contributed by atoms with Crippen molar-refractivity contribution in [1.29, 1.82) is 0 Å². The summed E-state index contributed by atoms with van der Waals surface area (Å²) < 4.78 is 0. The van der Waals surface area contributed by atoms with Crippen molar-refractivity contribution < 1.29 is 4.79 Å². The number of piperidine rings is 1. The molecule has 0 spiro atoms. The normalized spacial score (nSPS) is 17.3. The molecule has 2 aromatic rings. The lowest BCUT2D eigenvalue weighted by atomic mass is 9.94. The van der Waals surface area contributed by atoms with Gasteiger partial charge in [-0.15, -0.1) is 11.3 Å². The lowest BCUT2D eigenvalue weighted by Gasteiger charge is -2.33. The summed E-state index contributed by atoms with van der Waals surface area (Å²) in [4.78, 5) is 26.1. The van der Waals surface area contributed by atoms with E-state index in [4.69, 9.17) is 0 Å². The van der Waals surface area contributed by atoms with E-state index < -0.39 is 0 Å². The van der Waals surface area contributed by atoms with Crippen LogP contribution in [0.15, 0.2) is 6.33 Å². The average Bonchev–Trinajstić information content (AvgIpc) is 2.89. The third-order valence-corrected chi connectivity index (χ3v) is 6.60. The summed E-state index contributed by atoms with van der Waals surface area (Å²) in [5.74, 6) is 1.81. The van der Waals surface area contributed by atoms with E-state index >= 15 is 0 Å². The highest BCUT2D eigenvalue weighted by Crippen LogP contribution is 2.35. The van der Waals surface area contributed by atoms with Crippen LogP contribution >= 0.6 is 11.3 Å². The van der Waals surface area contributed by atoms with E-state index in [0.717, 1.165) is 36.6 Å². The molecule has 1 N–H and O–H groups in total. The number of hydrogen-bond donors (Lipinski definition) is 1. The molecule has 6 heteroatoms. The molecule has 136 valence electrons. The minimum absolute atomic E-state index is 0.111. The van der Waals surface area contributed by atoms with Gasteiger partial charge in [0.05, 0.1) is 5.39 Å². The summed E-state index contributed by atoms with van der Waals surface area (Å²) in [7, 11) is 0. The van der Waals surface area contributed by atoms with Crippen LogP contribution < -0.4 is 10.2 Å². The van der Waals surface area contributed by atoms with Gasteiger partial charge >= 0.3 is 0 Å². The number of hydrogen-bond acceptors (Lipinski definition) is 5. The molecule has 0 bridgehead atoms. The monoisotopic (exact) mass is 360 g/mol. The van der Waals surface area contributed by atoms with Crippen molar-refractivity contribution in [3.8, 4) is 0 Å². The largest absolute Gasteiger partial charge is 0.356 e. The first-order valence-corrected chi connectivity index (χ1v) is 9.96. The third kappa shape index (κ3) is 3.64. The number of anilines is 1. The SMILES string of the molecule is Cc1sc2ncnc(N3CCC(C(=O)N[C@H](C)C(C)C)CC3)c2c1C. The van der Waals surface area contributed by atoms with E-state index in [9.17, 15) is 4.79 Å². The number of aryl methyl sites for hydroxylation is 2. The zero-order chi connectivity index (χ0) is 18.1. The molecule has 5 nitrogen and oxygen atoms in total. The topological polar surface area (TPSA) is 58.1 Å². The molecule has 1 aliphatic rings.